The summed E-state index contributed by atoms with van der Waals surface area (Å²) in [4.78, 5) is 29.4. The molecule has 0 aliphatic carbocycles. The number of methoxy groups -OCH3 is 2. The van der Waals surface area contributed by atoms with E-state index in [0.29, 0.717) is 43.4 Å². The average molecular weight is 463 g/mol. The Labute approximate surface area is 199 Å². The fourth-order valence-corrected chi connectivity index (χ4v) is 4.28. The molecule has 0 unspecified atom stereocenters. The van der Waals surface area contributed by atoms with E-state index in [2.05, 4.69) is 23.2 Å². The number of piperazine rings is 1. The number of benzene rings is 2. The molecule has 0 spiro atoms. The van der Waals surface area contributed by atoms with E-state index in [9.17, 15) is 9.59 Å². The first-order valence-electron chi connectivity index (χ1n) is 11.3. The van der Waals surface area contributed by atoms with E-state index in [1.807, 2.05) is 31.2 Å². The third-order valence-electron chi connectivity index (χ3n) is 6.19. The topological polar surface area (TPSA) is 87.8 Å². The summed E-state index contributed by atoms with van der Waals surface area (Å²) < 4.78 is 10.6. The molecule has 0 bridgehead atoms. The second kappa shape index (κ2) is 9.99. The normalized spacial score (nSPS) is 13.6. The van der Waals surface area contributed by atoms with Crippen LogP contribution >= 0.6 is 0 Å². The summed E-state index contributed by atoms with van der Waals surface area (Å²) in [5.74, 6) is 1.15. The highest BCUT2D eigenvalue weighted by atomic mass is 16.5. The van der Waals surface area contributed by atoms with Crippen LogP contribution in [0, 0.1) is 13.8 Å². The van der Waals surface area contributed by atoms with Crippen LogP contribution in [0.1, 0.15) is 27.2 Å². The number of rotatable bonds is 6. The molecule has 1 fully saturated rings. The number of amides is 2. The Bertz CT molecular complexity index is 1200. The minimum absolute atomic E-state index is 0.0259. The Hall–Kier alpha value is -3.81. The highest BCUT2D eigenvalue weighted by Gasteiger charge is 2.26. The zero-order chi connectivity index (χ0) is 24.2. The van der Waals surface area contributed by atoms with Gasteiger partial charge in [0.15, 0.2) is 11.5 Å². The van der Waals surface area contributed by atoms with Crippen LogP contribution in [-0.2, 0) is 11.2 Å². The lowest BCUT2D eigenvalue weighted by atomic mass is 10.0. The van der Waals surface area contributed by atoms with Crippen LogP contribution in [0.2, 0.25) is 0 Å². The molecule has 2 heterocycles. The fraction of sp³-hybridized carbons (Fsp3) is 0.346. The van der Waals surface area contributed by atoms with Crippen LogP contribution in [0.3, 0.4) is 0 Å². The molecule has 2 aromatic carbocycles. The number of carbonyl (C=O) groups is 2. The van der Waals surface area contributed by atoms with Crippen molar-refractivity contribution in [2.45, 2.75) is 20.3 Å². The highest BCUT2D eigenvalue weighted by Crippen LogP contribution is 2.28. The van der Waals surface area contributed by atoms with Gasteiger partial charge in [-0.05, 0) is 43.2 Å². The molecular weight excluding hydrogens is 432 g/mol. The van der Waals surface area contributed by atoms with Crippen molar-refractivity contribution < 1.29 is 19.1 Å². The molecule has 1 aliphatic heterocycles. The van der Waals surface area contributed by atoms with Gasteiger partial charge in [0.25, 0.3) is 5.91 Å². The van der Waals surface area contributed by atoms with Crippen LogP contribution in [0.4, 0.5) is 0 Å². The van der Waals surface area contributed by atoms with Crippen molar-refractivity contribution in [1.82, 2.24) is 20.0 Å². The van der Waals surface area contributed by atoms with E-state index in [1.165, 1.54) is 5.56 Å². The summed E-state index contributed by atoms with van der Waals surface area (Å²) in [5.41, 5.74) is 5.38. The van der Waals surface area contributed by atoms with E-state index >= 15 is 0 Å². The third-order valence-corrected chi connectivity index (χ3v) is 6.19. The molecule has 2 amide bonds. The maximum Gasteiger partial charge on any atom is 0.272 e. The lowest BCUT2D eigenvalue weighted by Crippen LogP contribution is -2.51. The van der Waals surface area contributed by atoms with Crippen molar-refractivity contribution in [2.75, 3.05) is 40.4 Å². The second-order valence-electron chi connectivity index (χ2n) is 8.52. The van der Waals surface area contributed by atoms with Crippen molar-refractivity contribution in [3.63, 3.8) is 0 Å². The predicted molar refractivity (Wildman–Crippen MR) is 129 cm³/mol. The molecule has 1 saturated heterocycles. The van der Waals surface area contributed by atoms with Gasteiger partial charge in [-0.2, -0.15) is 5.10 Å². The summed E-state index contributed by atoms with van der Waals surface area (Å²) in [6.07, 6.45) is 0.272. The molecule has 8 heteroatoms. The van der Waals surface area contributed by atoms with Crippen molar-refractivity contribution in [3.05, 3.63) is 64.8 Å². The maximum atomic E-state index is 13.0. The number of aromatic nitrogens is 2. The Morgan fingerprint density at radius 3 is 2.29 bits per heavy atom. The number of hydrogen-bond donors (Lipinski definition) is 1. The summed E-state index contributed by atoms with van der Waals surface area (Å²) in [5, 5.41) is 7.24. The SMILES string of the molecule is COc1ccc(CC(=O)N2CCN(C(=O)c3cc(-c4ccc(C)cc4C)n[nH]3)CC2)cc1OC. The van der Waals surface area contributed by atoms with Gasteiger partial charge in [-0.1, -0.05) is 29.8 Å². The van der Waals surface area contributed by atoms with Gasteiger partial charge in [0.2, 0.25) is 5.91 Å². The van der Waals surface area contributed by atoms with Gasteiger partial charge in [0, 0.05) is 31.7 Å². The average Bonchev–Trinajstić information content (AvgIpc) is 3.33. The molecular formula is C26H30N4O4. The summed E-state index contributed by atoms with van der Waals surface area (Å²) >= 11 is 0. The third kappa shape index (κ3) is 4.90. The summed E-state index contributed by atoms with van der Waals surface area (Å²) in [7, 11) is 3.15. The molecule has 0 atom stereocenters. The number of nitrogens with zero attached hydrogens (tertiary/aromatic N) is 3. The largest absolute Gasteiger partial charge is 0.493 e. The Balaban J connectivity index is 1.35. The number of hydrogen-bond acceptors (Lipinski definition) is 5. The summed E-state index contributed by atoms with van der Waals surface area (Å²) in [6.45, 7) is 6.04. The molecule has 1 aliphatic rings. The molecule has 1 N–H and O–H groups in total. The number of ether oxygens (including phenoxy) is 2. The van der Waals surface area contributed by atoms with Crippen LogP contribution in [0.15, 0.2) is 42.5 Å². The first kappa shape index (κ1) is 23.4. The minimum atomic E-state index is -0.101. The van der Waals surface area contributed by atoms with E-state index in [4.69, 9.17) is 9.47 Å². The second-order valence-corrected chi connectivity index (χ2v) is 8.52. The van der Waals surface area contributed by atoms with Gasteiger partial charge in [-0.25, -0.2) is 0 Å². The van der Waals surface area contributed by atoms with Gasteiger partial charge < -0.3 is 19.3 Å². The Morgan fingerprint density at radius 1 is 0.912 bits per heavy atom. The van der Waals surface area contributed by atoms with E-state index in [-0.39, 0.29) is 18.2 Å². The van der Waals surface area contributed by atoms with Crippen LogP contribution < -0.4 is 9.47 Å². The molecule has 34 heavy (non-hydrogen) atoms. The van der Waals surface area contributed by atoms with Crippen molar-refractivity contribution >= 4 is 11.8 Å². The van der Waals surface area contributed by atoms with E-state index < -0.39 is 0 Å². The van der Waals surface area contributed by atoms with E-state index in [1.54, 1.807) is 36.2 Å². The zero-order valence-corrected chi connectivity index (χ0v) is 20.1. The number of aryl methyl sites for hydroxylation is 2. The lowest BCUT2D eigenvalue weighted by Gasteiger charge is -2.34. The molecule has 1 aromatic heterocycles. The molecule has 4 rings (SSSR count). The van der Waals surface area contributed by atoms with Gasteiger partial charge in [0.1, 0.15) is 5.69 Å². The Morgan fingerprint density at radius 2 is 1.62 bits per heavy atom. The quantitative estimate of drug-likeness (QED) is 0.608. The minimum Gasteiger partial charge on any atom is -0.493 e. The van der Waals surface area contributed by atoms with Gasteiger partial charge in [-0.15, -0.1) is 0 Å². The molecule has 3 aromatic rings. The van der Waals surface area contributed by atoms with Gasteiger partial charge >= 0.3 is 0 Å². The van der Waals surface area contributed by atoms with Crippen LogP contribution in [0.25, 0.3) is 11.3 Å². The van der Waals surface area contributed by atoms with Crippen molar-refractivity contribution in [3.8, 4) is 22.8 Å². The van der Waals surface area contributed by atoms with Crippen LogP contribution in [0.5, 0.6) is 11.5 Å². The zero-order valence-electron chi connectivity index (χ0n) is 20.1. The monoisotopic (exact) mass is 462 g/mol. The molecule has 0 saturated carbocycles. The number of carbonyl (C=O) groups excluding carboxylic acids is 2. The first-order chi connectivity index (χ1) is 16.4. The van der Waals surface area contributed by atoms with E-state index in [0.717, 1.165) is 22.4 Å². The summed E-state index contributed by atoms with van der Waals surface area (Å²) in [6, 6.07) is 13.5. The fourth-order valence-electron chi connectivity index (χ4n) is 4.28. The van der Waals surface area contributed by atoms with Gasteiger partial charge in [0.05, 0.1) is 26.3 Å². The Kier molecular flexibility index (Phi) is 6.86. The molecule has 8 nitrogen and oxygen atoms in total. The number of H-pyrrole nitrogens is 1. The first-order valence-corrected chi connectivity index (χ1v) is 11.3. The number of aromatic amines is 1. The lowest BCUT2D eigenvalue weighted by molar-refractivity contribution is -0.131. The van der Waals surface area contributed by atoms with Gasteiger partial charge in [-0.3, -0.25) is 14.7 Å². The highest BCUT2D eigenvalue weighted by molar-refractivity contribution is 5.93. The maximum absolute atomic E-state index is 13.0. The van der Waals surface area contributed by atoms with Crippen molar-refractivity contribution in [1.29, 1.82) is 0 Å². The standard InChI is InChI=1S/C26H30N4O4/c1-17-5-7-20(18(2)13-17)21-16-22(28-27-21)26(32)30-11-9-29(10-12-30)25(31)15-19-6-8-23(33-3)24(14-19)34-4/h5-8,13-14,16H,9-12,15H2,1-4H3,(H,27,28). The molecule has 0 radical (unpaired) electrons. The predicted octanol–water partition coefficient (Wildman–Crippen LogP) is 3.24. The number of nitrogens with one attached hydrogen (secondary N) is 1. The van der Waals surface area contributed by atoms with Crippen molar-refractivity contribution in [2.24, 2.45) is 0 Å². The molecule has 178 valence electrons. The smallest absolute Gasteiger partial charge is 0.272 e. The van der Waals surface area contributed by atoms with Crippen LogP contribution in [-0.4, -0.2) is 72.2 Å².